The lowest BCUT2D eigenvalue weighted by atomic mass is 9.88. The summed E-state index contributed by atoms with van der Waals surface area (Å²) < 4.78 is 15.6. The average molecular weight is 437 g/mol. The zero-order chi connectivity index (χ0) is 24.0. The Kier molecular flexibility index (Phi) is 8.03. The second kappa shape index (κ2) is 9.67. The fourth-order valence-corrected chi connectivity index (χ4v) is 2.57. The molecule has 10 nitrogen and oxygen atoms in total. The zero-order valence-corrected chi connectivity index (χ0v) is 19.0. The van der Waals surface area contributed by atoms with Crippen molar-refractivity contribution in [2.45, 2.75) is 65.2 Å². The van der Waals surface area contributed by atoms with E-state index in [0.717, 1.165) is 0 Å². The molecule has 172 valence electrons. The summed E-state index contributed by atoms with van der Waals surface area (Å²) in [6.45, 7) is 11.0. The molecule has 0 aliphatic rings. The average Bonchev–Trinajstić information content (AvgIpc) is 2.59. The van der Waals surface area contributed by atoms with E-state index in [9.17, 15) is 19.2 Å². The molecule has 0 saturated carbocycles. The van der Waals surface area contributed by atoms with Crippen LogP contribution in [0.3, 0.4) is 0 Å². The van der Waals surface area contributed by atoms with Crippen LogP contribution in [0.2, 0.25) is 0 Å². The number of nitrogens with two attached hydrogens (primary N) is 1. The van der Waals surface area contributed by atoms with E-state index in [1.165, 1.54) is 31.2 Å². The molecule has 0 spiro atoms. The number of carbonyl (C=O) groups excluding carboxylic acids is 4. The molecule has 1 aromatic carbocycles. The SMILES string of the molecule is CCOC(=O)[C@](C(N)=O)(c1ccccc1)N(NC(=O)OC(C)(C)C)C(=O)OC(C)(C)C. The van der Waals surface area contributed by atoms with E-state index in [2.05, 4.69) is 5.43 Å². The standard InChI is InChI=1S/C21H31N3O7/c1-8-29-16(26)21(15(22)25,14-12-10-9-11-13-14)24(18(28)31-20(5,6)7)23-17(27)30-19(2,3)4/h9-13H,8H2,1-7H3,(H2,22,25)(H,23,27)/t21-/m1/s1. The quantitative estimate of drug-likeness (QED) is 0.312. The van der Waals surface area contributed by atoms with Crippen molar-refractivity contribution < 1.29 is 33.4 Å². The summed E-state index contributed by atoms with van der Waals surface area (Å²) in [6, 6.07) is 7.51. The number of benzene rings is 1. The van der Waals surface area contributed by atoms with Crippen molar-refractivity contribution in [1.82, 2.24) is 10.4 Å². The van der Waals surface area contributed by atoms with Gasteiger partial charge in [0.1, 0.15) is 11.2 Å². The Morgan fingerprint density at radius 3 is 1.87 bits per heavy atom. The number of hydrogen-bond acceptors (Lipinski definition) is 7. The Morgan fingerprint density at radius 2 is 1.45 bits per heavy atom. The van der Waals surface area contributed by atoms with Gasteiger partial charge in [0.05, 0.1) is 6.61 Å². The molecule has 0 aliphatic heterocycles. The third kappa shape index (κ3) is 6.59. The normalized spacial score (nSPS) is 13.4. The summed E-state index contributed by atoms with van der Waals surface area (Å²) in [5.74, 6) is -2.44. The van der Waals surface area contributed by atoms with Crippen LogP contribution in [-0.2, 0) is 29.3 Å². The van der Waals surface area contributed by atoms with Gasteiger partial charge < -0.3 is 19.9 Å². The molecule has 0 saturated heterocycles. The molecular weight excluding hydrogens is 406 g/mol. The van der Waals surface area contributed by atoms with E-state index in [-0.39, 0.29) is 12.2 Å². The zero-order valence-electron chi connectivity index (χ0n) is 19.0. The smallest absolute Gasteiger partial charge is 0.431 e. The van der Waals surface area contributed by atoms with Crippen LogP contribution in [0.4, 0.5) is 9.59 Å². The summed E-state index contributed by atoms with van der Waals surface area (Å²) in [7, 11) is 0. The van der Waals surface area contributed by atoms with Gasteiger partial charge in [-0.1, -0.05) is 30.3 Å². The van der Waals surface area contributed by atoms with Gasteiger partial charge in [0.2, 0.25) is 0 Å². The first-order chi connectivity index (χ1) is 14.1. The highest BCUT2D eigenvalue weighted by Crippen LogP contribution is 2.31. The van der Waals surface area contributed by atoms with Crippen molar-refractivity contribution in [3.63, 3.8) is 0 Å². The number of hydrazine groups is 1. The van der Waals surface area contributed by atoms with Crippen LogP contribution in [0.15, 0.2) is 30.3 Å². The lowest BCUT2D eigenvalue weighted by Gasteiger charge is -2.39. The van der Waals surface area contributed by atoms with E-state index in [0.29, 0.717) is 5.01 Å². The molecule has 3 amide bonds. The van der Waals surface area contributed by atoms with E-state index in [4.69, 9.17) is 19.9 Å². The van der Waals surface area contributed by atoms with Gasteiger partial charge in [-0.15, -0.1) is 0 Å². The maximum Gasteiger partial charge on any atom is 0.431 e. The molecule has 0 fully saturated rings. The molecule has 0 aliphatic carbocycles. The molecule has 1 atom stereocenters. The number of rotatable bonds is 5. The van der Waals surface area contributed by atoms with Gasteiger partial charge in [-0.2, -0.15) is 5.01 Å². The van der Waals surface area contributed by atoms with Crippen LogP contribution in [0.5, 0.6) is 0 Å². The highest BCUT2D eigenvalue weighted by molar-refractivity contribution is 6.09. The molecule has 3 N–H and O–H groups in total. The maximum atomic E-state index is 13.1. The highest BCUT2D eigenvalue weighted by atomic mass is 16.6. The van der Waals surface area contributed by atoms with Gasteiger partial charge in [0.15, 0.2) is 0 Å². The summed E-state index contributed by atoms with van der Waals surface area (Å²) in [5, 5.41) is 0.419. The monoisotopic (exact) mass is 437 g/mol. The molecule has 0 unspecified atom stereocenters. The predicted octanol–water partition coefficient (Wildman–Crippen LogP) is 2.61. The number of nitrogens with zero attached hydrogens (tertiary/aromatic N) is 1. The van der Waals surface area contributed by atoms with Crippen molar-refractivity contribution in [1.29, 1.82) is 0 Å². The number of ether oxygens (including phenoxy) is 3. The third-order valence-electron chi connectivity index (χ3n) is 3.63. The van der Waals surface area contributed by atoms with E-state index >= 15 is 0 Å². The van der Waals surface area contributed by atoms with Crippen molar-refractivity contribution in [2.24, 2.45) is 5.73 Å². The van der Waals surface area contributed by atoms with Gasteiger partial charge in [0.25, 0.3) is 11.4 Å². The van der Waals surface area contributed by atoms with Gasteiger partial charge >= 0.3 is 18.2 Å². The van der Waals surface area contributed by atoms with Crippen LogP contribution in [-0.4, -0.2) is 46.9 Å². The second-order valence-electron chi connectivity index (χ2n) is 8.59. The van der Waals surface area contributed by atoms with Crippen molar-refractivity contribution >= 4 is 24.1 Å². The van der Waals surface area contributed by atoms with Crippen molar-refractivity contribution in [3.05, 3.63) is 35.9 Å². The molecule has 0 radical (unpaired) electrons. The maximum absolute atomic E-state index is 13.1. The van der Waals surface area contributed by atoms with Gasteiger partial charge in [-0.3, -0.25) is 4.79 Å². The molecule has 0 heterocycles. The molecule has 1 rings (SSSR count). The summed E-state index contributed by atoms with van der Waals surface area (Å²) in [4.78, 5) is 51.6. The van der Waals surface area contributed by atoms with Crippen molar-refractivity contribution in [2.75, 3.05) is 6.61 Å². The Hall–Kier alpha value is -3.30. The van der Waals surface area contributed by atoms with E-state index in [1.807, 2.05) is 0 Å². The first kappa shape index (κ1) is 25.7. The van der Waals surface area contributed by atoms with E-state index < -0.39 is 40.8 Å². The number of hydrogen-bond donors (Lipinski definition) is 2. The first-order valence-electron chi connectivity index (χ1n) is 9.70. The predicted molar refractivity (Wildman–Crippen MR) is 111 cm³/mol. The minimum Gasteiger partial charge on any atom is -0.464 e. The number of nitrogens with one attached hydrogen (secondary N) is 1. The van der Waals surface area contributed by atoms with Gasteiger partial charge in [-0.25, -0.2) is 19.8 Å². The molecule has 0 bridgehead atoms. The number of carbonyl (C=O) groups is 4. The largest absolute Gasteiger partial charge is 0.464 e. The fraction of sp³-hybridized carbons (Fsp3) is 0.524. The lowest BCUT2D eigenvalue weighted by Crippen LogP contribution is -2.68. The van der Waals surface area contributed by atoms with Crippen LogP contribution >= 0.6 is 0 Å². The summed E-state index contributed by atoms with van der Waals surface area (Å²) in [5.41, 5.74) is 3.28. The number of esters is 1. The molecule has 10 heteroatoms. The second-order valence-corrected chi connectivity index (χ2v) is 8.59. The molecule has 1 aromatic rings. The fourth-order valence-electron chi connectivity index (χ4n) is 2.57. The third-order valence-corrected chi connectivity index (χ3v) is 3.63. The van der Waals surface area contributed by atoms with Crippen molar-refractivity contribution in [3.8, 4) is 0 Å². The molecular formula is C21H31N3O7. The minimum absolute atomic E-state index is 0.0112. The van der Waals surface area contributed by atoms with Crippen LogP contribution in [0, 0.1) is 0 Å². The number of primary amides is 1. The Labute approximate surface area is 182 Å². The summed E-state index contributed by atoms with van der Waals surface area (Å²) in [6.07, 6.45) is -2.32. The Balaban J connectivity index is 3.73. The lowest BCUT2D eigenvalue weighted by molar-refractivity contribution is -0.165. The Morgan fingerprint density at radius 1 is 0.935 bits per heavy atom. The topological polar surface area (TPSA) is 137 Å². The highest BCUT2D eigenvalue weighted by Gasteiger charge is 2.57. The number of amides is 3. The van der Waals surface area contributed by atoms with Crippen LogP contribution < -0.4 is 11.2 Å². The Bertz CT molecular complexity index is 813. The van der Waals surface area contributed by atoms with Gasteiger partial charge in [-0.05, 0) is 48.5 Å². The first-order valence-corrected chi connectivity index (χ1v) is 9.70. The molecule has 31 heavy (non-hydrogen) atoms. The van der Waals surface area contributed by atoms with Crippen LogP contribution in [0.25, 0.3) is 0 Å². The molecule has 0 aromatic heterocycles. The van der Waals surface area contributed by atoms with Crippen LogP contribution in [0.1, 0.15) is 54.0 Å². The minimum atomic E-state index is -2.56. The summed E-state index contributed by atoms with van der Waals surface area (Å²) >= 11 is 0. The van der Waals surface area contributed by atoms with Gasteiger partial charge in [0, 0.05) is 5.56 Å². The van der Waals surface area contributed by atoms with E-state index in [1.54, 1.807) is 47.6 Å².